The van der Waals surface area contributed by atoms with E-state index in [9.17, 15) is 4.79 Å². The first-order chi connectivity index (χ1) is 13.5. The number of aryl methyl sites for hydroxylation is 2. The Labute approximate surface area is 166 Å². The number of thiophene rings is 1. The van der Waals surface area contributed by atoms with Gasteiger partial charge in [-0.1, -0.05) is 12.1 Å². The minimum absolute atomic E-state index is 0.228. The summed E-state index contributed by atoms with van der Waals surface area (Å²) in [6, 6.07) is 11.4. The van der Waals surface area contributed by atoms with Crippen LogP contribution in [0.5, 0.6) is 0 Å². The second kappa shape index (κ2) is 7.36. The van der Waals surface area contributed by atoms with Gasteiger partial charge in [-0.3, -0.25) is 9.78 Å². The van der Waals surface area contributed by atoms with Gasteiger partial charge in [-0.05, 0) is 49.2 Å². The van der Waals surface area contributed by atoms with Gasteiger partial charge in [0.15, 0.2) is 5.82 Å². The molecule has 0 saturated carbocycles. The lowest BCUT2D eigenvalue weighted by molar-refractivity contribution is -0.117. The van der Waals surface area contributed by atoms with Crippen molar-refractivity contribution in [3.05, 3.63) is 64.8 Å². The second-order valence-electron chi connectivity index (χ2n) is 6.57. The molecule has 7 heteroatoms. The lowest BCUT2D eigenvalue weighted by atomic mass is 10.1. The highest BCUT2D eigenvalue weighted by Gasteiger charge is 2.16. The summed E-state index contributed by atoms with van der Waals surface area (Å²) in [4.78, 5) is 27.0. The summed E-state index contributed by atoms with van der Waals surface area (Å²) in [7, 11) is 0. The van der Waals surface area contributed by atoms with Gasteiger partial charge in [-0.15, -0.1) is 11.3 Å². The minimum atomic E-state index is -0.344. The van der Waals surface area contributed by atoms with Crippen molar-refractivity contribution in [1.82, 2.24) is 15.0 Å². The number of carbonyl (C=O) groups excluding carboxylic acids is 1. The predicted molar refractivity (Wildman–Crippen MR) is 113 cm³/mol. The van der Waals surface area contributed by atoms with Crippen LogP contribution in [-0.2, 0) is 11.2 Å². The standard InChI is InChI=1S/C21H19N5OS/c1-12-13(2)28-21-18(12)20(25-19(26-21)15-4-3-9-23-11-15)24-16-7-5-14(6-8-16)10-17(22)27/h3-9,11H,10H2,1-2H3,(H2,22,27)(H,24,25,26). The Bertz CT molecular complexity index is 1150. The molecule has 3 N–H and O–H groups in total. The molecule has 0 saturated heterocycles. The van der Waals surface area contributed by atoms with E-state index in [1.165, 1.54) is 10.4 Å². The predicted octanol–water partition coefficient (Wildman–Crippen LogP) is 4.14. The van der Waals surface area contributed by atoms with Gasteiger partial charge in [0, 0.05) is 28.5 Å². The zero-order valence-electron chi connectivity index (χ0n) is 15.6. The summed E-state index contributed by atoms with van der Waals surface area (Å²) < 4.78 is 0. The fraction of sp³-hybridized carbons (Fsp3) is 0.143. The van der Waals surface area contributed by atoms with Gasteiger partial charge in [0.1, 0.15) is 10.6 Å². The Kier molecular flexibility index (Phi) is 4.75. The monoisotopic (exact) mass is 389 g/mol. The average molecular weight is 389 g/mol. The Hall–Kier alpha value is -3.32. The van der Waals surface area contributed by atoms with Crippen molar-refractivity contribution in [3.8, 4) is 11.4 Å². The van der Waals surface area contributed by atoms with Gasteiger partial charge < -0.3 is 11.1 Å². The molecular weight excluding hydrogens is 370 g/mol. The summed E-state index contributed by atoms with van der Waals surface area (Å²) in [6.07, 6.45) is 3.72. The maximum absolute atomic E-state index is 11.1. The third kappa shape index (κ3) is 3.57. The number of hydrogen-bond donors (Lipinski definition) is 2. The van der Waals surface area contributed by atoms with Crippen LogP contribution in [0.4, 0.5) is 11.5 Å². The van der Waals surface area contributed by atoms with Crippen LogP contribution in [0, 0.1) is 13.8 Å². The minimum Gasteiger partial charge on any atom is -0.369 e. The smallest absolute Gasteiger partial charge is 0.221 e. The molecule has 0 spiro atoms. The van der Waals surface area contributed by atoms with Crippen LogP contribution < -0.4 is 11.1 Å². The fourth-order valence-corrected chi connectivity index (χ4v) is 4.04. The van der Waals surface area contributed by atoms with E-state index in [0.29, 0.717) is 5.82 Å². The summed E-state index contributed by atoms with van der Waals surface area (Å²) in [5.74, 6) is 1.05. The van der Waals surface area contributed by atoms with Crippen molar-refractivity contribution in [3.63, 3.8) is 0 Å². The first-order valence-corrected chi connectivity index (χ1v) is 9.65. The van der Waals surface area contributed by atoms with Crippen LogP contribution in [0.1, 0.15) is 16.0 Å². The van der Waals surface area contributed by atoms with E-state index >= 15 is 0 Å². The number of pyridine rings is 1. The molecule has 0 aliphatic carbocycles. The molecule has 28 heavy (non-hydrogen) atoms. The summed E-state index contributed by atoms with van der Waals surface area (Å²) in [5.41, 5.74) is 9.07. The Morgan fingerprint density at radius 3 is 2.61 bits per heavy atom. The molecule has 4 aromatic rings. The maximum Gasteiger partial charge on any atom is 0.221 e. The molecule has 6 nitrogen and oxygen atoms in total. The second-order valence-corrected chi connectivity index (χ2v) is 7.77. The number of anilines is 2. The number of amides is 1. The number of aromatic nitrogens is 3. The number of carbonyl (C=O) groups is 1. The molecule has 4 rings (SSSR count). The highest BCUT2D eigenvalue weighted by molar-refractivity contribution is 7.18. The van der Waals surface area contributed by atoms with Crippen LogP contribution in [0.2, 0.25) is 0 Å². The Morgan fingerprint density at radius 2 is 1.93 bits per heavy atom. The van der Waals surface area contributed by atoms with Crippen LogP contribution in [0.3, 0.4) is 0 Å². The summed E-state index contributed by atoms with van der Waals surface area (Å²) >= 11 is 1.66. The number of rotatable bonds is 5. The molecular formula is C21H19N5OS. The van der Waals surface area contributed by atoms with Crippen LogP contribution in [-0.4, -0.2) is 20.9 Å². The van der Waals surface area contributed by atoms with Crippen molar-refractivity contribution in [1.29, 1.82) is 0 Å². The molecule has 0 fully saturated rings. The zero-order chi connectivity index (χ0) is 19.7. The number of nitrogens with zero attached hydrogens (tertiary/aromatic N) is 3. The first kappa shape index (κ1) is 18.1. The summed E-state index contributed by atoms with van der Waals surface area (Å²) in [5, 5.41) is 4.44. The SMILES string of the molecule is Cc1sc2nc(-c3cccnc3)nc(Nc3ccc(CC(N)=O)cc3)c2c1C. The van der Waals surface area contributed by atoms with Crippen molar-refractivity contribution < 1.29 is 4.79 Å². The average Bonchev–Trinajstić information content (AvgIpc) is 2.98. The van der Waals surface area contributed by atoms with E-state index in [0.717, 1.165) is 32.8 Å². The van der Waals surface area contributed by atoms with Gasteiger partial charge >= 0.3 is 0 Å². The van der Waals surface area contributed by atoms with Gasteiger partial charge in [0.05, 0.1) is 11.8 Å². The number of nitrogens with one attached hydrogen (secondary N) is 1. The zero-order valence-corrected chi connectivity index (χ0v) is 16.4. The van der Waals surface area contributed by atoms with Crippen LogP contribution in [0.15, 0.2) is 48.8 Å². The third-order valence-electron chi connectivity index (χ3n) is 4.54. The van der Waals surface area contributed by atoms with Crippen molar-refractivity contribution in [2.24, 2.45) is 5.73 Å². The van der Waals surface area contributed by atoms with Gasteiger partial charge in [-0.2, -0.15) is 0 Å². The number of fused-ring (bicyclic) bond motifs is 1. The molecule has 3 heterocycles. The van der Waals surface area contributed by atoms with Gasteiger partial charge in [0.25, 0.3) is 0 Å². The number of hydrogen-bond acceptors (Lipinski definition) is 6. The van der Waals surface area contributed by atoms with Crippen molar-refractivity contribution in [2.45, 2.75) is 20.3 Å². The van der Waals surface area contributed by atoms with E-state index in [-0.39, 0.29) is 12.3 Å². The Balaban J connectivity index is 1.77. The van der Waals surface area contributed by atoms with Crippen LogP contribution >= 0.6 is 11.3 Å². The molecule has 0 radical (unpaired) electrons. The van der Waals surface area contributed by atoms with E-state index in [4.69, 9.17) is 15.7 Å². The molecule has 140 valence electrons. The number of nitrogens with two attached hydrogens (primary N) is 1. The third-order valence-corrected chi connectivity index (χ3v) is 5.64. The lowest BCUT2D eigenvalue weighted by Crippen LogP contribution is -2.13. The number of primary amides is 1. The maximum atomic E-state index is 11.1. The quantitative estimate of drug-likeness (QED) is 0.535. The van der Waals surface area contributed by atoms with Gasteiger partial charge in [0.2, 0.25) is 5.91 Å². The topological polar surface area (TPSA) is 93.8 Å². The van der Waals surface area contributed by atoms with Gasteiger partial charge in [-0.25, -0.2) is 9.97 Å². The molecule has 0 aliphatic heterocycles. The molecule has 3 aromatic heterocycles. The molecule has 0 bridgehead atoms. The first-order valence-electron chi connectivity index (χ1n) is 8.83. The fourth-order valence-electron chi connectivity index (χ4n) is 3.01. The van der Waals surface area contributed by atoms with E-state index < -0.39 is 0 Å². The number of benzene rings is 1. The molecule has 0 unspecified atom stereocenters. The molecule has 1 aromatic carbocycles. The lowest BCUT2D eigenvalue weighted by Gasteiger charge is -2.10. The van der Waals surface area contributed by atoms with Crippen molar-refractivity contribution in [2.75, 3.05) is 5.32 Å². The molecule has 0 atom stereocenters. The largest absolute Gasteiger partial charge is 0.369 e. The van der Waals surface area contributed by atoms with Crippen molar-refractivity contribution >= 4 is 39.0 Å². The van der Waals surface area contributed by atoms with E-state index in [2.05, 4.69) is 24.1 Å². The van der Waals surface area contributed by atoms with Crippen LogP contribution in [0.25, 0.3) is 21.6 Å². The molecule has 0 aliphatic rings. The normalized spacial score (nSPS) is 10.9. The Morgan fingerprint density at radius 1 is 1.14 bits per heavy atom. The molecule has 1 amide bonds. The van der Waals surface area contributed by atoms with E-state index in [1.807, 2.05) is 36.4 Å². The highest BCUT2D eigenvalue weighted by Crippen LogP contribution is 2.36. The summed E-state index contributed by atoms with van der Waals surface area (Å²) in [6.45, 7) is 4.18. The highest BCUT2D eigenvalue weighted by atomic mass is 32.1. The van der Waals surface area contributed by atoms with E-state index in [1.54, 1.807) is 23.7 Å².